The summed E-state index contributed by atoms with van der Waals surface area (Å²) < 4.78 is 0. The standard InChI is InChI=1S/C13H20N2O/c1-13(2,9-15-10-7-14-8-10)11-5-3-4-6-12(11)16/h3-6,10,14-16H,7-9H2,1-2H3. The van der Waals surface area contributed by atoms with Crippen LogP contribution in [0.5, 0.6) is 5.75 Å². The van der Waals surface area contributed by atoms with Crippen molar-refractivity contribution in [2.45, 2.75) is 25.3 Å². The molecule has 3 N–H and O–H groups in total. The summed E-state index contributed by atoms with van der Waals surface area (Å²) in [6.45, 7) is 7.30. The average Bonchev–Trinajstić information content (AvgIpc) is 2.15. The highest BCUT2D eigenvalue weighted by atomic mass is 16.3. The van der Waals surface area contributed by atoms with Crippen LogP contribution in [0.4, 0.5) is 0 Å². The Morgan fingerprint density at radius 3 is 2.62 bits per heavy atom. The lowest BCUT2D eigenvalue weighted by Crippen LogP contribution is -2.57. The second kappa shape index (κ2) is 4.44. The Hall–Kier alpha value is -1.06. The van der Waals surface area contributed by atoms with Gasteiger partial charge in [0.15, 0.2) is 0 Å². The largest absolute Gasteiger partial charge is 0.508 e. The van der Waals surface area contributed by atoms with Gasteiger partial charge in [-0.25, -0.2) is 0 Å². The van der Waals surface area contributed by atoms with Crippen LogP contribution in [0.1, 0.15) is 19.4 Å². The molecule has 0 amide bonds. The number of para-hydroxylation sites is 1. The molecule has 3 nitrogen and oxygen atoms in total. The third-order valence-corrected chi connectivity index (χ3v) is 3.25. The summed E-state index contributed by atoms with van der Waals surface area (Å²) in [7, 11) is 0. The van der Waals surface area contributed by atoms with Crippen molar-refractivity contribution in [1.82, 2.24) is 10.6 Å². The Morgan fingerprint density at radius 1 is 1.38 bits per heavy atom. The molecular formula is C13H20N2O. The fraction of sp³-hybridized carbons (Fsp3) is 0.538. The first-order valence-electron chi connectivity index (χ1n) is 5.82. The summed E-state index contributed by atoms with van der Waals surface area (Å²) in [6.07, 6.45) is 0. The molecule has 1 aliphatic heterocycles. The molecule has 1 aromatic rings. The van der Waals surface area contributed by atoms with E-state index in [1.54, 1.807) is 6.07 Å². The minimum Gasteiger partial charge on any atom is -0.508 e. The van der Waals surface area contributed by atoms with E-state index in [0.29, 0.717) is 11.8 Å². The fourth-order valence-corrected chi connectivity index (χ4v) is 1.97. The van der Waals surface area contributed by atoms with Gasteiger partial charge in [-0.1, -0.05) is 32.0 Å². The van der Waals surface area contributed by atoms with Crippen molar-refractivity contribution in [3.05, 3.63) is 29.8 Å². The number of hydrogen-bond acceptors (Lipinski definition) is 3. The van der Waals surface area contributed by atoms with Crippen LogP contribution in [-0.4, -0.2) is 30.8 Å². The van der Waals surface area contributed by atoms with Gasteiger partial charge < -0.3 is 15.7 Å². The number of aromatic hydroxyl groups is 1. The number of phenolic OH excluding ortho intramolecular Hbond substituents is 1. The highest BCUT2D eigenvalue weighted by molar-refractivity contribution is 5.37. The molecule has 0 aliphatic carbocycles. The molecular weight excluding hydrogens is 200 g/mol. The Labute approximate surface area is 96.9 Å². The topological polar surface area (TPSA) is 44.3 Å². The third kappa shape index (κ3) is 2.36. The maximum Gasteiger partial charge on any atom is 0.119 e. The number of benzene rings is 1. The Bertz CT molecular complexity index is 359. The Morgan fingerprint density at radius 2 is 2.06 bits per heavy atom. The SMILES string of the molecule is CC(C)(CNC1CNC1)c1ccccc1O. The second-order valence-corrected chi connectivity index (χ2v) is 5.14. The molecule has 0 radical (unpaired) electrons. The average molecular weight is 220 g/mol. The Balaban J connectivity index is 2.02. The highest BCUT2D eigenvalue weighted by Crippen LogP contribution is 2.30. The van der Waals surface area contributed by atoms with Gasteiger partial charge in [0.25, 0.3) is 0 Å². The van der Waals surface area contributed by atoms with Gasteiger partial charge >= 0.3 is 0 Å². The van der Waals surface area contributed by atoms with Gasteiger partial charge in [0.05, 0.1) is 0 Å². The highest BCUT2D eigenvalue weighted by Gasteiger charge is 2.26. The van der Waals surface area contributed by atoms with Crippen LogP contribution >= 0.6 is 0 Å². The van der Waals surface area contributed by atoms with Gasteiger partial charge in [-0.3, -0.25) is 0 Å². The molecule has 1 aliphatic rings. The van der Waals surface area contributed by atoms with E-state index in [2.05, 4.69) is 24.5 Å². The first kappa shape index (κ1) is 11.4. The van der Waals surface area contributed by atoms with Crippen molar-refractivity contribution in [3.8, 4) is 5.75 Å². The van der Waals surface area contributed by atoms with Crippen LogP contribution in [0.3, 0.4) is 0 Å². The lowest BCUT2D eigenvalue weighted by atomic mass is 9.83. The van der Waals surface area contributed by atoms with E-state index in [-0.39, 0.29) is 5.41 Å². The summed E-state index contributed by atoms with van der Waals surface area (Å²) in [5.74, 6) is 0.390. The van der Waals surface area contributed by atoms with Crippen molar-refractivity contribution in [2.75, 3.05) is 19.6 Å². The second-order valence-electron chi connectivity index (χ2n) is 5.14. The van der Waals surface area contributed by atoms with E-state index >= 15 is 0 Å². The van der Waals surface area contributed by atoms with Gasteiger partial charge in [-0.05, 0) is 6.07 Å². The summed E-state index contributed by atoms with van der Waals surface area (Å²) in [5, 5.41) is 16.6. The summed E-state index contributed by atoms with van der Waals surface area (Å²) in [5.41, 5.74) is 0.968. The van der Waals surface area contributed by atoms with Gasteiger partial charge in [-0.15, -0.1) is 0 Å². The first-order chi connectivity index (χ1) is 7.59. The smallest absolute Gasteiger partial charge is 0.119 e. The van der Waals surface area contributed by atoms with Crippen LogP contribution in [0.2, 0.25) is 0 Å². The zero-order valence-corrected chi connectivity index (χ0v) is 9.96. The maximum atomic E-state index is 9.84. The molecule has 88 valence electrons. The van der Waals surface area contributed by atoms with Crippen LogP contribution in [-0.2, 0) is 5.41 Å². The summed E-state index contributed by atoms with van der Waals surface area (Å²) in [4.78, 5) is 0. The van der Waals surface area contributed by atoms with E-state index in [0.717, 1.165) is 25.2 Å². The number of nitrogens with one attached hydrogen (secondary N) is 2. The third-order valence-electron chi connectivity index (χ3n) is 3.25. The van der Waals surface area contributed by atoms with Gasteiger partial charge in [0, 0.05) is 36.7 Å². The number of phenols is 1. The van der Waals surface area contributed by atoms with E-state index in [9.17, 15) is 5.11 Å². The van der Waals surface area contributed by atoms with E-state index in [1.165, 1.54) is 0 Å². The van der Waals surface area contributed by atoms with Crippen LogP contribution in [0.25, 0.3) is 0 Å². The molecule has 16 heavy (non-hydrogen) atoms. The van der Waals surface area contributed by atoms with E-state index in [1.807, 2.05) is 18.2 Å². The molecule has 0 unspecified atom stereocenters. The molecule has 0 aromatic heterocycles. The van der Waals surface area contributed by atoms with Crippen LogP contribution in [0.15, 0.2) is 24.3 Å². The number of rotatable bonds is 4. The zero-order valence-electron chi connectivity index (χ0n) is 9.96. The number of hydrogen-bond donors (Lipinski definition) is 3. The molecule has 1 aromatic carbocycles. The first-order valence-corrected chi connectivity index (χ1v) is 5.82. The molecule has 3 heteroatoms. The van der Waals surface area contributed by atoms with E-state index < -0.39 is 0 Å². The van der Waals surface area contributed by atoms with Crippen LogP contribution < -0.4 is 10.6 Å². The predicted molar refractivity (Wildman–Crippen MR) is 65.8 cm³/mol. The summed E-state index contributed by atoms with van der Waals surface area (Å²) >= 11 is 0. The predicted octanol–water partition coefficient (Wildman–Crippen LogP) is 1.23. The fourth-order valence-electron chi connectivity index (χ4n) is 1.97. The maximum absolute atomic E-state index is 9.84. The van der Waals surface area contributed by atoms with Crippen molar-refractivity contribution in [2.24, 2.45) is 0 Å². The molecule has 0 atom stereocenters. The van der Waals surface area contributed by atoms with Crippen molar-refractivity contribution < 1.29 is 5.11 Å². The molecule has 1 saturated heterocycles. The molecule has 2 rings (SSSR count). The lowest BCUT2D eigenvalue weighted by Gasteiger charge is -2.33. The van der Waals surface area contributed by atoms with Crippen molar-refractivity contribution in [3.63, 3.8) is 0 Å². The molecule has 0 saturated carbocycles. The van der Waals surface area contributed by atoms with Gasteiger partial charge in [0.2, 0.25) is 0 Å². The van der Waals surface area contributed by atoms with Crippen molar-refractivity contribution >= 4 is 0 Å². The normalized spacial score (nSPS) is 17.1. The minimum atomic E-state index is -0.0407. The van der Waals surface area contributed by atoms with E-state index in [4.69, 9.17) is 0 Å². The quantitative estimate of drug-likeness (QED) is 0.715. The molecule has 0 spiro atoms. The van der Waals surface area contributed by atoms with Crippen LogP contribution in [0, 0.1) is 0 Å². The Kier molecular flexibility index (Phi) is 3.17. The zero-order chi connectivity index (χ0) is 11.6. The van der Waals surface area contributed by atoms with Gasteiger partial charge in [0.1, 0.15) is 5.75 Å². The molecule has 1 heterocycles. The van der Waals surface area contributed by atoms with Crippen molar-refractivity contribution in [1.29, 1.82) is 0 Å². The molecule has 1 fully saturated rings. The lowest BCUT2D eigenvalue weighted by molar-refractivity contribution is 0.329. The minimum absolute atomic E-state index is 0.0407. The summed E-state index contributed by atoms with van der Waals surface area (Å²) in [6, 6.07) is 8.17. The monoisotopic (exact) mass is 220 g/mol. The van der Waals surface area contributed by atoms with Gasteiger partial charge in [-0.2, -0.15) is 0 Å². The molecule has 0 bridgehead atoms.